The van der Waals surface area contributed by atoms with Crippen molar-refractivity contribution >= 4 is 64.7 Å². The van der Waals surface area contributed by atoms with Crippen LogP contribution in [0.4, 0.5) is 0 Å². The number of carbonyl (C=O) groups excluding carboxylic acids is 11. The number of rotatable bonds is 50. The number of ether oxygens (including phenoxy) is 6. The highest BCUT2D eigenvalue weighted by atomic mass is 16.5. The Balaban J connectivity index is 1.32. The zero-order valence-electron chi connectivity index (χ0n) is 56.2. The quantitative estimate of drug-likeness (QED) is 0.0351. The smallest absolute Gasteiger partial charge is 0.253 e. The molecule has 0 aliphatic carbocycles. The predicted octanol–water partition coefficient (Wildman–Crippen LogP) is 0.564. The lowest BCUT2D eigenvalue weighted by Gasteiger charge is -2.26. The number of carbonyl (C=O) groups is 11. The lowest BCUT2D eigenvalue weighted by Crippen LogP contribution is -2.54. The van der Waals surface area contributed by atoms with E-state index in [-0.39, 0.29) is 164 Å². The topological polar surface area (TPSA) is 392 Å². The maximum absolute atomic E-state index is 13.6. The minimum absolute atomic E-state index is 0.0253. The van der Waals surface area contributed by atoms with Crippen LogP contribution in [-0.2, 0) is 107 Å². The maximum Gasteiger partial charge on any atom is 0.253 e. The summed E-state index contributed by atoms with van der Waals surface area (Å²) in [6.45, 7) is 23.3. The third kappa shape index (κ3) is 32.8. The van der Waals surface area contributed by atoms with Gasteiger partial charge < -0.3 is 65.6 Å². The average Bonchev–Trinajstić information content (AvgIpc) is 1.57. The Bertz CT molecular complexity index is 2710. The van der Waals surface area contributed by atoms with Crippen molar-refractivity contribution in [1.82, 2.24) is 72.1 Å². The number of Topliss-reactive ketones (excluding diaryl/α,β-unsaturated/α-hetero) is 2. The summed E-state index contributed by atoms with van der Waals surface area (Å²) in [6.07, 6.45) is 7.17. The molecule has 0 aromatic carbocycles. The van der Waals surface area contributed by atoms with Crippen LogP contribution in [0.2, 0.25) is 0 Å². The maximum atomic E-state index is 13.6. The summed E-state index contributed by atoms with van der Waals surface area (Å²) in [4.78, 5) is 140. The van der Waals surface area contributed by atoms with Gasteiger partial charge in [0.1, 0.15) is 29.5 Å². The Morgan fingerprint density at radius 3 is 1.34 bits per heavy atom. The van der Waals surface area contributed by atoms with Gasteiger partial charge in [0.25, 0.3) is 11.8 Å². The lowest BCUT2D eigenvalue weighted by molar-refractivity contribution is -0.137. The standard InChI is InChI=1S/C62H102N14O17/c1-41(2)55(60(86)65-44(7)57(83)43(5)6)68-51(79)20-25-88-29-33-93-36-32-91-28-24-75-40-47(71-73-75)38-64-59(85)48(67-50(78)15-13-12-14-22-76-53(81)18-19-54(76)82)16-17-49(77)63-37-46-39-74(72-70-46)23-27-90-31-35-92-34-30-89-26-21-52(80)69-56(42(3)4)61(87)66-45(8)58(84)62(9,10)11/h18-19,39-45,48,55-56H,12-17,20-38H2,1-11H3,(H,63,77)(H,64,85)(H,65,86)(H,66,87)(H,67,78)(H,68,79)(H,69,80)/t44-,45-,48-,55-,56-/m0/s1. The molecule has 1 aliphatic rings. The number of nitrogens with one attached hydrogen (secondary N) is 7. The molecule has 0 radical (unpaired) electrons. The van der Waals surface area contributed by atoms with Crippen molar-refractivity contribution in [2.75, 3.05) is 85.8 Å². The number of nitrogens with zero attached hydrogens (tertiary/aromatic N) is 7. The predicted molar refractivity (Wildman–Crippen MR) is 336 cm³/mol. The lowest BCUT2D eigenvalue weighted by atomic mass is 9.87. The molecule has 522 valence electrons. The molecule has 0 fully saturated rings. The van der Waals surface area contributed by atoms with E-state index in [1.165, 1.54) is 12.2 Å². The fraction of sp³-hybridized carbons (Fsp3) is 0.726. The summed E-state index contributed by atoms with van der Waals surface area (Å²) in [6, 6.07) is -4.05. The Labute approximate surface area is 545 Å². The molecule has 0 saturated carbocycles. The van der Waals surface area contributed by atoms with Crippen LogP contribution in [0, 0.1) is 23.2 Å². The highest BCUT2D eigenvalue weighted by Crippen LogP contribution is 2.17. The second-order valence-electron chi connectivity index (χ2n) is 24.5. The molecular formula is C62H102N14O17. The number of amides is 9. The number of imide groups is 1. The first-order valence-electron chi connectivity index (χ1n) is 32.1. The average molecular weight is 1320 g/mol. The van der Waals surface area contributed by atoms with Gasteiger partial charge in [-0.3, -0.25) is 57.6 Å². The van der Waals surface area contributed by atoms with Gasteiger partial charge in [-0.25, -0.2) is 9.36 Å². The molecule has 3 rings (SSSR count). The van der Waals surface area contributed by atoms with Crippen LogP contribution < -0.4 is 37.2 Å². The third-order valence-corrected chi connectivity index (χ3v) is 14.3. The molecule has 31 heteroatoms. The van der Waals surface area contributed by atoms with E-state index < -0.39 is 65.2 Å². The summed E-state index contributed by atoms with van der Waals surface area (Å²) >= 11 is 0. The molecule has 0 unspecified atom stereocenters. The van der Waals surface area contributed by atoms with Crippen LogP contribution in [0.15, 0.2) is 24.5 Å². The molecule has 2 aromatic heterocycles. The number of unbranched alkanes of at least 4 members (excludes halogenated alkanes) is 2. The summed E-state index contributed by atoms with van der Waals surface area (Å²) in [7, 11) is 0. The van der Waals surface area contributed by atoms with Crippen LogP contribution in [-0.4, -0.2) is 216 Å². The van der Waals surface area contributed by atoms with E-state index in [9.17, 15) is 52.7 Å². The fourth-order valence-corrected chi connectivity index (χ4v) is 9.01. The van der Waals surface area contributed by atoms with E-state index in [1.807, 2.05) is 13.8 Å². The first-order valence-corrected chi connectivity index (χ1v) is 32.1. The van der Waals surface area contributed by atoms with E-state index in [0.717, 1.165) is 4.90 Å². The van der Waals surface area contributed by atoms with Gasteiger partial charge in [-0.05, 0) is 44.9 Å². The molecule has 7 N–H and O–H groups in total. The number of hydrogen-bond acceptors (Lipinski definition) is 21. The van der Waals surface area contributed by atoms with Gasteiger partial charge in [0.2, 0.25) is 41.4 Å². The van der Waals surface area contributed by atoms with Crippen molar-refractivity contribution in [3.8, 4) is 0 Å². The Morgan fingerprint density at radius 2 is 0.892 bits per heavy atom. The van der Waals surface area contributed by atoms with Gasteiger partial charge >= 0.3 is 0 Å². The van der Waals surface area contributed by atoms with E-state index in [0.29, 0.717) is 63.6 Å². The molecule has 93 heavy (non-hydrogen) atoms. The van der Waals surface area contributed by atoms with Gasteiger partial charge in [0.15, 0.2) is 11.6 Å². The number of hydrogen-bond donors (Lipinski definition) is 7. The van der Waals surface area contributed by atoms with Crippen LogP contribution >= 0.6 is 0 Å². The third-order valence-electron chi connectivity index (χ3n) is 14.3. The zero-order valence-corrected chi connectivity index (χ0v) is 56.2. The Hall–Kier alpha value is -7.45. The van der Waals surface area contributed by atoms with E-state index in [1.54, 1.807) is 84.1 Å². The molecule has 0 saturated heterocycles. The molecular weight excluding hydrogens is 1210 g/mol. The number of aromatic nitrogens is 6. The molecule has 0 bridgehead atoms. The zero-order chi connectivity index (χ0) is 68.9. The van der Waals surface area contributed by atoms with Gasteiger partial charge in [-0.2, -0.15) is 0 Å². The van der Waals surface area contributed by atoms with Gasteiger partial charge in [-0.15, -0.1) is 10.2 Å². The summed E-state index contributed by atoms with van der Waals surface area (Å²) in [5.74, 6) is -4.50. The second kappa shape index (κ2) is 43.4. The summed E-state index contributed by atoms with van der Waals surface area (Å²) in [5.41, 5.74) is 0.288. The van der Waals surface area contributed by atoms with E-state index in [2.05, 4.69) is 57.8 Å². The van der Waals surface area contributed by atoms with Crippen molar-refractivity contribution < 1.29 is 81.2 Å². The SMILES string of the molecule is CC(C)C(=O)[C@H](C)NC(=O)[C@@H](NC(=O)CCOCCOCCOCCn1cc(CNC(=O)[C@H](CCC(=O)NCc2cn(CCOCCOCCOCCC(=O)N[C@H](C(=O)N[C@@H](C)C(=O)C(C)(C)C)C(C)C)nn2)NC(=O)CCCCCN2C(=O)C=CC2=O)nn1)C(C)C. The van der Waals surface area contributed by atoms with Crippen molar-refractivity contribution in [2.24, 2.45) is 23.2 Å². The van der Waals surface area contributed by atoms with Crippen LogP contribution in [0.1, 0.15) is 139 Å². The minimum Gasteiger partial charge on any atom is -0.379 e. The van der Waals surface area contributed by atoms with Crippen LogP contribution in [0.25, 0.3) is 0 Å². The Morgan fingerprint density at radius 1 is 0.462 bits per heavy atom. The monoisotopic (exact) mass is 1310 g/mol. The van der Waals surface area contributed by atoms with Crippen molar-refractivity contribution in [2.45, 2.75) is 184 Å². The van der Waals surface area contributed by atoms with Gasteiger partial charge in [-0.1, -0.05) is 79.2 Å². The molecule has 1 aliphatic heterocycles. The first-order chi connectivity index (χ1) is 44.2. The molecule has 5 atom stereocenters. The fourth-order valence-electron chi connectivity index (χ4n) is 9.01. The second-order valence-corrected chi connectivity index (χ2v) is 24.5. The van der Waals surface area contributed by atoms with Crippen molar-refractivity contribution in [3.05, 3.63) is 35.9 Å². The van der Waals surface area contributed by atoms with Crippen LogP contribution in [0.3, 0.4) is 0 Å². The molecule has 2 aromatic rings. The Kier molecular flexibility index (Phi) is 37.3. The number of ketones is 2. The van der Waals surface area contributed by atoms with E-state index in [4.69, 9.17) is 28.4 Å². The first kappa shape index (κ1) is 79.8. The minimum atomic E-state index is -1.08. The highest BCUT2D eigenvalue weighted by Gasteiger charge is 2.32. The highest BCUT2D eigenvalue weighted by molar-refractivity contribution is 6.12. The van der Waals surface area contributed by atoms with Crippen molar-refractivity contribution in [1.29, 1.82) is 0 Å². The molecule has 3 heterocycles. The van der Waals surface area contributed by atoms with Gasteiger partial charge in [0.05, 0.1) is 130 Å². The summed E-state index contributed by atoms with van der Waals surface area (Å²) < 4.78 is 36.6. The molecule has 0 spiro atoms. The van der Waals surface area contributed by atoms with Crippen molar-refractivity contribution in [3.63, 3.8) is 0 Å². The summed E-state index contributed by atoms with van der Waals surface area (Å²) in [5, 5.41) is 35.6. The van der Waals surface area contributed by atoms with Gasteiger partial charge in [0, 0.05) is 55.7 Å². The normalized spacial score (nSPS) is 14.0. The van der Waals surface area contributed by atoms with E-state index >= 15 is 0 Å². The van der Waals surface area contributed by atoms with Crippen LogP contribution in [0.5, 0.6) is 0 Å². The molecule has 9 amide bonds. The molecule has 31 nitrogen and oxygen atoms in total. The largest absolute Gasteiger partial charge is 0.379 e.